The number of para-hydroxylation sites is 1. The van der Waals surface area contributed by atoms with Crippen LogP contribution in [0.15, 0.2) is 24.3 Å². The minimum absolute atomic E-state index is 0.0128. The van der Waals surface area contributed by atoms with Gasteiger partial charge in [-0.3, -0.25) is 14.4 Å². The molecule has 0 bridgehead atoms. The van der Waals surface area contributed by atoms with Gasteiger partial charge in [-0.2, -0.15) is 0 Å². The Morgan fingerprint density at radius 2 is 1.81 bits per heavy atom. The molecule has 2 amide bonds. The lowest BCUT2D eigenvalue weighted by Crippen LogP contribution is -2.62. The van der Waals surface area contributed by atoms with Crippen LogP contribution in [0.2, 0.25) is 0 Å². The molecule has 0 spiro atoms. The van der Waals surface area contributed by atoms with Crippen LogP contribution in [0.4, 0.5) is 5.69 Å². The van der Waals surface area contributed by atoms with Gasteiger partial charge in [-0.25, -0.2) is 0 Å². The van der Waals surface area contributed by atoms with Gasteiger partial charge >= 0.3 is 0 Å². The first-order valence-electron chi connectivity index (χ1n) is 16.7. The largest absolute Gasteiger partial charge is 0.393 e. The van der Waals surface area contributed by atoms with Crippen molar-refractivity contribution in [2.75, 3.05) is 18.0 Å². The van der Waals surface area contributed by atoms with Crippen LogP contribution in [0.3, 0.4) is 0 Å². The number of ketones is 1. The molecule has 1 aliphatic heterocycles. The lowest BCUT2D eigenvalue weighted by atomic mass is 9.43. The number of fused-ring (bicyclic) bond motifs is 6. The number of nitrogens with one attached hydrogen (secondary N) is 1. The fraction of sp³-hybridized carbons (Fsp3) is 0.743. The van der Waals surface area contributed by atoms with E-state index in [0.717, 1.165) is 51.4 Å². The van der Waals surface area contributed by atoms with Gasteiger partial charge in [-0.15, -0.1) is 0 Å². The van der Waals surface area contributed by atoms with Crippen molar-refractivity contribution in [1.29, 1.82) is 0 Å². The number of rotatable bonds is 8. The first-order valence-corrected chi connectivity index (χ1v) is 16.7. The molecule has 11 atom stereocenters. The van der Waals surface area contributed by atoms with Gasteiger partial charge < -0.3 is 25.5 Å². The maximum absolute atomic E-state index is 12.8. The Balaban J connectivity index is 1.02. The second-order valence-electron chi connectivity index (χ2n) is 15.0. The lowest BCUT2D eigenvalue weighted by molar-refractivity contribution is -0.207. The Morgan fingerprint density at radius 1 is 1.05 bits per heavy atom. The van der Waals surface area contributed by atoms with Gasteiger partial charge in [0.25, 0.3) is 11.7 Å². The second-order valence-corrected chi connectivity index (χ2v) is 15.0. The maximum Gasteiger partial charge on any atom is 0.299 e. The van der Waals surface area contributed by atoms with Crippen LogP contribution in [0.25, 0.3) is 0 Å². The molecular weight excluding hydrogens is 544 g/mol. The summed E-state index contributed by atoms with van der Waals surface area (Å²) in [6.45, 7) is 7.65. The van der Waals surface area contributed by atoms with Gasteiger partial charge in [0.15, 0.2) is 0 Å². The summed E-state index contributed by atoms with van der Waals surface area (Å²) in [5, 5.41) is 36.6. The normalized spacial score (nSPS) is 40.8. The summed E-state index contributed by atoms with van der Waals surface area (Å²) in [6.07, 6.45) is 6.69. The number of carbonyl (C=O) groups excluding carboxylic acids is 3. The number of hydrogen-bond acceptors (Lipinski definition) is 6. The molecule has 8 heteroatoms. The first kappa shape index (κ1) is 30.7. The molecule has 6 rings (SSSR count). The minimum atomic E-state index is -0.506. The minimum Gasteiger partial charge on any atom is -0.393 e. The molecule has 236 valence electrons. The van der Waals surface area contributed by atoms with Gasteiger partial charge in [-0.05, 0) is 116 Å². The third-order valence-electron chi connectivity index (χ3n) is 13.1. The zero-order chi connectivity index (χ0) is 30.7. The smallest absolute Gasteiger partial charge is 0.299 e. The fourth-order valence-corrected chi connectivity index (χ4v) is 10.7. The molecule has 5 aliphatic rings. The van der Waals surface area contributed by atoms with Crippen molar-refractivity contribution in [3.63, 3.8) is 0 Å². The molecule has 1 heterocycles. The number of hydrogen-bond donors (Lipinski definition) is 4. The van der Waals surface area contributed by atoms with Crippen LogP contribution in [0, 0.1) is 46.3 Å². The molecule has 43 heavy (non-hydrogen) atoms. The Bertz CT molecular complexity index is 1250. The number of carbonyl (C=O) groups is 3. The van der Waals surface area contributed by atoms with Gasteiger partial charge in [0.2, 0.25) is 5.91 Å². The van der Waals surface area contributed by atoms with Crippen LogP contribution >= 0.6 is 0 Å². The van der Waals surface area contributed by atoms with Gasteiger partial charge in [0, 0.05) is 19.5 Å². The highest BCUT2D eigenvalue weighted by Crippen LogP contribution is 2.68. The molecule has 4 aliphatic carbocycles. The SMILES string of the molecule is C[C@H](CCC(=O)NCCCN1C(=O)C(=O)c2ccccc21)[C@H]1CC[C@H]2[C@@H]3[C@H](O)C[C@@H]4C[C@H](O)CC[C@]4(C)[C@H]3C[C@H](O)[C@]12C. The Morgan fingerprint density at radius 3 is 2.60 bits per heavy atom. The van der Waals surface area contributed by atoms with Crippen LogP contribution in [0.1, 0.15) is 95.3 Å². The second kappa shape index (κ2) is 11.6. The number of aliphatic hydroxyl groups excluding tert-OH is 3. The van der Waals surface area contributed by atoms with E-state index < -0.39 is 17.8 Å². The van der Waals surface area contributed by atoms with E-state index in [1.165, 1.54) is 4.90 Å². The monoisotopic (exact) mass is 594 g/mol. The zero-order valence-corrected chi connectivity index (χ0v) is 26.0. The van der Waals surface area contributed by atoms with E-state index in [2.05, 4.69) is 26.1 Å². The summed E-state index contributed by atoms with van der Waals surface area (Å²) < 4.78 is 0. The molecule has 8 nitrogen and oxygen atoms in total. The van der Waals surface area contributed by atoms with E-state index in [4.69, 9.17) is 0 Å². The number of amides is 2. The van der Waals surface area contributed by atoms with Crippen LogP contribution in [0.5, 0.6) is 0 Å². The summed E-state index contributed by atoms with van der Waals surface area (Å²) in [5.74, 6) is 0.630. The van der Waals surface area contributed by atoms with Crippen LogP contribution in [-0.2, 0) is 9.59 Å². The number of Topliss-reactive ketones (excluding diaryl/α,β-unsaturated/α-hetero) is 1. The van der Waals surface area contributed by atoms with Crippen molar-refractivity contribution in [1.82, 2.24) is 5.32 Å². The van der Waals surface area contributed by atoms with Crippen molar-refractivity contribution >= 4 is 23.3 Å². The summed E-state index contributed by atoms with van der Waals surface area (Å²) in [5.41, 5.74) is 0.876. The molecule has 0 saturated heterocycles. The summed E-state index contributed by atoms with van der Waals surface area (Å²) in [7, 11) is 0. The number of anilines is 1. The van der Waals surface area contributed by atoms with E-state index in [0.29, 0.717) is 49.0 Å². The standard InChI is InChI=1S/C35H50N2O6/c1-20(9-12-30(41)36-15-6-16-37-27-8-5-4-7-23(27)32(42)33(37)43)24-10-11-25-31-26(19-29(40)35(24,25)3)34(2)14-13-22(38)17-21(34)18-28(31)39/h4-5,7-8,20-22,24-26,28-29,31,38-40H,6,9-19H2,1-3H3,(H,36,41)/t20-,21+,22-,24-,25+,26+,28-,29+,31+,34+,35-/m1/s1. The lowest BCUT2D eigenvalue weighted by Gasteiger charge is -2.63. The topological polar surface area (TPSA) is 127 Å². The van der Waals surface area contributed by atoms with Gasteiger partial charge in [-0.1, -0.05) is 32.9 Å². The van der Waals surface area contributed by atoms with Crippen molar-refractivity contribution in [3.8, 4) is 0 Å². The third-order valence-corrected chi connectivity index (χ3v) is 13.1. The van der Waals surface area contributed by atoms with E-state index in [1.54, 1.807) is 18.2 Å². The molecule has 4 fully saturated rings. The van der Waals surface area contributed by atoms with E-state index >= 15 is 0 Å². The fourth-order valence-electron chi connectivity index (χ4n) is 10.7. The van der Waals surface area contributed by atoms with Crippen molar-refractivity contribution in [2.45, 2.75) is 103 Å². The van der Waals surface area contributed by atoms with Crippen molar-refractivity contribution in [3.05, 3.63) is 29.8 Å². The van der Waals surface area contributed by atoms with Crippen LogP contribution < -0.4 is 10.2 Å². The Labute approximate surface area is 255 Å². The molecule has 0 aromatic heterocycles. The number of nitrogens with zero attached hydrogens (tertiary/aromatic N) is 1. The van der Waals surface area contributed by atoms with Gasteiger partial charge in [0.1, 0.15) is 0 Å². The highest BCUT2D eigenvalue weighted by molar-refractivity contribution is 6.52. The van der Waals surface area contributed by atoms with E-state index in [1.807, 2.05) is 6.07 Å². The summed E-state index contributed by atoms with van der Waals surface area (Å²) >= 11 is 0. The highest BCUT2D eigenvalue weighted by atomic mass is 16.3. The summed E-state index contributed by atoms with van der Waals surface area (Å²) in [6, 6.07) is 7.02. The predicted octanol–water partition coefficient (Wildman–Crippen LogP) is 4.10. The molecule has 1 aromatic rings. The number of aliphatic hydroxyl groups is 3. The molecule has 0 unspecified atom stereocenters. The van der Waals surface area contributed by atoms with Crippen molar-refractivity contribution in [2.24, 2.45) is 46.3 Å². The molecule has 4 saturated carbocycles. The Hall–Kier alpha value is -2.29. The quantitative estimate of drug-likeness (QED) is 0.265. The average Bonchev–Trinajstić information content (AvgIpc) is 3.46. The molecule has 0 radical (unpaired) electrons. The third kappa shape index (κ3) is 5.05. The van der Waals surface area contributed by atoms with E-state index in [9.17, 15) is 29.7 Å². The van der Waals surface area contributed by atoms with Crippen LogP contribution in [-0.4, -0.2) is 64.3 Å². The highest BCUT2D eigenvalue weighted by Gasteiger charge is 2.65. The summed E-state index contributed by atoms with van der Waals surface area (Å²) in [4.78, 5) is 38.9. The van der Waals surface area contributed by atoms with Crippen molar-refractivity contribution < 1.29 is 29.7 Å². The average molecular weight is 595 g/mol. The molecule has 4 N–H and O–H groups in total. The molecule has 1 aromatic carbocycles. The first-order chi connectivity index (χ1) is 20.5. The molecular formula is C35H50N2O6. The Kier molecular flexibility index (Phi) is 8.27. The number of benzene rings is 1. The zero-order valence-electron chi connectivity index (χ0n) is 26.0. The predicted molar refractivity (Wildman–Crippen MR) is 163 cm³/mol. The van der Waals surface area contributed by atoms with Gasteiger partial charge in [0.05, 0.1) is 29.6 Å². The van der Waals surface area contributed by atoms with E-state index in [-0.39, 0.29) is 52.6 Å². The maximum atomic E-state index is 12.8.